The van der Waals surface area contributed by atoms with E-state index in [4.69, 9.17) is 25.8 Å². The highest BCUT2D eigenvalue weighted by Gasteiger charge is 2.25. The molecule has 0 saturated heterocycles. The molecule has 0 spiro atoms. The first-order chi connectivity index (χ1) is 19.3. The number of halogens is 1. The second kappa shape index (κ2) is 11.3. The molecule has 40 heavy (non-hydrogen) atoms. The van der Waals surface area contributed by atoms with Gasteiger partial charge >= 0.3 is 5.97 Å². The lowest BCUT2D eigenvalue weighted by Gasteiger charge is -2.15. The number of unbranched alkanes of at least 4 members (excludes halogenated alkanes) is 1. The fraction of sp³-hybridized carbons (Fsp3) is 0.241. The molecule has 0 unspecified atom stereocenters. The van der Waals surface area contributed by atoms with E-state index >= 15 is 0 Å². The van der Waals surface area contributed by atoms with Gasteiger partial charge in [0.05, 0.1) is 17.0 Å². The van der Waals surface area contributed by atoms with Gasteiger partial charge in [-0.15, -0.1) is 0 Å². The Bertz CT molecular complexity index is 1900. The molecule has 4 heterocycles. The Balaban J connectivity index is 1.84. The van der Waals surface area contributed by atoms with Crippen LogP contribution in [-0.4, -0.2) is 37.6 Å². The van der Waals surface area contributed by atoms with Crippen molar-refractivity contribution in [3.63, 3.8) is 0 Å². The summed E-state index contributed by atoms with van der Waals surface area (Å²) in [5.41, 5.74) is 1.22. The second-order valence-corrected chi connectivity index (χ2v) is 9.46. The third-order valence-corrected chi connectivity index (χ3v) is 6.76. The number of pyridine rings is 2. The molecule has 0 aliphatic heterocycles. The lowest BCUT2D eigenvalue weighted by atomic mass is 10.1. The first kappa shape index (κ1) is 27.0. The highest BCUT2D eigenvalue weighted by molar-refractivity contribution is 6.33. The maximum atomic E-state index is 13.8. The molecule has 0 atom stereocenters. The molecule has 4 aromatic heterocycles. The van der Waals surface area contributed by atoms with E-state index in [1.54, 1.807) is 67.1 Å². The molecular formula is C29H26ClN5O5. The number of nitrogens with zero attached hydrogens (tertiary/aromatic N) is 5. The van der Waals surface area contributed by atoms with Crippen molar-refractivity contribution in [2.75, 3.05) is 6.61 Å². The first-order valence-electron chi connectivity index (χ1n) is 12.9. The van der Waals surface area contributed by atoms with Gasteiger partial charge in [0, 0.05) is 18.3 Å². The van der Waals surface area contributed by atoms with Gasteiger partial charge in [0.1, 0.15) is 33.9 Å². The predicted molar refractivity (Wildman–Crippen MR) is 149 cm³/mol. The number of rotatable bonds is 7. The first-order valence-corrected chi connectivity index (χ1v) is 13.3. The van der Waals surface area contributed by atoms with Crippen LogP contribution in [0.5, 0.6) is 0 Å². The van der Waals surface area contributed by atoms with Crippen LogP contribution in [0.4, 0.5) is 0 Å². The summed E-state index contributed by atoms with van der Waals surface area (Å²) in [6.45, 7) is 5.72. The van der Waals surface area contributed by atoms with E-state index in [1.165, 1.54) is 10.5 Å². The van der Waals surface area contributed by atoms with E-state index in [0.717, 1.165) is 6.42 Å². The number of ether oxygens (including phenoxy) is 1. The highest BCUT2D eigenvalue weighted by Crippen LogP contribution is 2.31. The average molecular weight is 560 g/mol. The number of carbonyl (C=O) groups is 2. The summed E-state index contributed by atoms with van der Waals surface area (Å²) in [4.78, 5) is 49.6. The van der Waals surface area contributed by atoms with Crippen LogP contribution in [-0.2, 0) is 11.3 Å². The van der Waals surface area contributed by atoms with E-state index in [2.05, 4.69) is 10.1 Å². The maximum Gasteiger partial charge on any atom is 0.341 e. The number of fused-ring (bicyclic) bond motifs is 2. The molecule has 0 N–H and O–H groups in total. The van der Waals surface area contributed by atoms with Crippen LogP contribution in [0.2, 0.25) is 5.02 Å². The Hall–Kier alpha value is -4.57. The smallest absolute Gasteiger partial charge is 0.341 e. The number of hydrogen-bond acceptors (Lipinski definition) is 7. The van der Waals surface area contributed by atoms with Crippen LogP contribution in [0.15, 0.2) is 69.0 Å². The zero-order valence-corrected chi connectivity index (χ0v) is 22.9. The molecule has 0 bridgehead atoms. The van der Waals surface area contributed by atoms with Crippen molar-refractivity contribution in [2.45, 2.75) is 40.2 Å². The Morgan fingerprint density at radius 3 is 2.65 bits per heavy atom. The minimum absolute atomic E-state index is 0.0259. The molecule has 1 aromatic carbocycles. The number of amides is 1. The fourth-order valence-electron chi connectivity index (χ4n) is 4.50. The van der Waals surface area contributed by atoms with Crippen molar-refractivity contribution in [1.29, 1.82) is 0 Å². The largest absolute Gasteiger partial charge is 0.462 e. The number of hydrogen-bond donors (Lipinski definition) is 0. The van der Waals surface area contributed by atoms with Crippen LogP contribution in [0.1, 0.15) is 53.2 Å². The molecule has 10 nitrogen and oxygen atoms in total. The zero-order valence-electron chi connectivity index (χ0n) is 22.2. The van der Waals surface area contributed by atoms with Gasteiger partial charge in [-0.2, -0.15) is 4.99 Å². The molecule has 5 aromatic rings. The minimum atomic E-state index is -0.716. The molecule has 1 amide bonds. The van der Waals surface area contributed by atoms with E-state index in [0.29, 0.717) is 34.8 Å². The van der Waals surface area contributed by atoms with Crippen molar-refractivity contribution in [3.05, 3.63) is 92.5 Å². The Labute approximate surface area is 233 Å². The van der Waals surface area contributed by atoms with Crippen LogP contribution in [0.25, 0.3) is 27.9 Å². The standard InChI is InChI=1S/C29H26ClN5O5/c1-4-6-14-35-25-19(28(37)34-15-10-9-13-22(34)31-25)16-20(29(38)39-5-2)26(35)32-27(36)23-17(3)40-33-24(23)18-11-7-8-12-21(18)30/h7-13,15-16H,4-6,14H2,1-3H3. The average Bonchev–Trinajstić information content (AvgIpc) is 3.33. The number of esters is 1. The fourth-order valence-corrected chi connectivity index (χ4v) is 4.72. The number of benzene rings is 1. The SMILES string of the molecule is CCCCn1c(=NC(=O)c2c(-c3ccccc3Cl)noc2C)c(C(=O)OCC)cc2c(=O)n3ccccc3nc21. The summed E-state index contributed by atoms with van der Waals surface area (Å²) >= 11 is 6.39. The summed E-state index contributed by atoms with van der Waals surface area (Å²) in [7, 11) is 0. The predicted octanol–water partition coefficient (Wildman–Crippen LogP) is 4.98. The number of carbonyl (C=O) groups excluding carboxylic acids is 2. The maximum absolute atomic E-state index is 13.8. The lowest BCUT2D eigenvalue weighted by Crippen LogP contribution is -2.33. The zero-order chi connectivity index (χ0) is 28.4. The van der Waals surface area contributed by atoms with E-state index in [1.807, 2.05) is 6.92 Å². The Kier molecular flexibility index (Phi) is 7.61. The van der Waals surface area contributed by atoms with Gasteiger partial charge in [0.25, 0.3) is 11.5 Å². The molecular weight excluding hydrogens is 534 g/mol. The quantitative estimate of drug-likeness (QED) is 0.203. The second-order valence-electron chi connectivity index (χ2n) is 9.05. The summed E-state index contributed by atoms with van der Waals surface area (Å²) in [6, 6.07) is 13.5. The van der Waals surface area contributed by atoms with Gasteiger partial charge in [-0.25, -0.2) is 9.78 Å². The van der Waals surface area contributed by atoms with E-state index in [9.17, 15) is 14.4 Å². The Morgan fingerprint density at radius 1 is 1.12 bits per heavy atom. The Morgan fingerprint density at radius 2 is 1.90 bits per heavy atom. The van der Waals surface area contributed by atoms with E-state index in [-0.39, 0.29) is 45.6 Å². The van der Waals surface area contributed by atoms with Crippen LogP contribution >= 0.6 is 11.6 Å². The normalized spacial score (nSPS) is 11.8. The molecule has 0 aliphatic carbocycles. The van der Waals surface area contributed by atoms with Crippen molar-refractivity contribution in [1.82, 2.24) is 19.1 Å². The summed E-state index contributed by atoms with van der Waals surface area (Å²) in [6.07, 6.45) is 3.09. The van der Waals surface area contributed by atoms with Crippen molar-refractivity contribution >= 4 is 40.2 Å². The van der Waals surface area contributed by atoms with Gasteiger partial charge < -0.3 is 13.8 Å². The van der Waals surface area contributed by atoms with Crippen LogP contribution < -0.4 is 11.0 Å². The summed E-state index contributed by atoms with van der Waals surface area (Å²) in [5.74, 6) is -1.17. The topological polar surface area (TPSA) is 121 Å². The molecule has 0 saturated carbocycles. The summed E-state index contributed by atoms with van der Waals surface area (Å²) in [5, 5.41) is 4.66. The third kappa shape index (κ3) is 4.82. The van der Waals surface area contributed by atoms with Crippen molar-refractivity contribution in [3.8, 4) is 11.3 Å². The number of aryl methyl sites for hydroxylation is 2. The highest BCUT2D eigenvalue weighted by atomic mass is 35.5. The monoisotopic (exact) mass is 559 g/mol. The van der Waals surface area contributed by atoms with Gasteiger partial charge in [-0.1, -0.05) is 54.4 Å². The summed E-state index contributed by atoms with van der Waals surface area (Å²) < 4.78 is 13.7. The van der Waals surface area contributed by atoms with Crippen molar-refractivity contribution in [2.24, 2.45) is 4.99 Å². The minimum Gasteiger partial charge on any atom is -0.462 e. The van der Waals surface area contributed by atoms with E-state index < -0.39 is 11.9 Å². The molecule has 0 fully saturated rings. The van der Waals surface area contributed by atoms with Gasteiger partial charge in [0.2, 0.25) is 0 Å². The third-order valence-electron chi connectivity index (χ3n) is 6.43. The molecule has 0 aliphatic rings. The molecule has 11 heteroatoms. The number of aromatic nitrogens is 4. The van der Waals surface area contributed by atoms with Gasteiger partial charge in [-0.05, 0) is 44.5 Å². The molecule has 0 radical (unpaired) electrons. The van der Waals surface area contributed by atoms with Crippen LogP contribution in [0, 0.1) is 6.92 Å². The van der Waals surface area contributed by atoms with Gasteiger partial charge in [0.15, 0.2) is 5.49 Å². The lowest BCUT2D eigenvalue weighted by molar-refractivity contribution is 0.0523. The van der Waals surface area contributed by atoms with Crippen molar-refractivity contribution < 1.29 is 18.8 Å². The molecule has 5 rings (SSSR count). The van der Waals surface area contributed by atoms with Gasteiger partial charge in [-0.3, -0.25) is 14.0 Å². The molecule has 204 valence electrons. The van der Waals surface area contributed by atoms with Crippen LogP contribution in [0.3, 0.4) is 0 Å².